The molecule has 1 atom stereocenters. The third-order valence-electron chi connectivity index (χ3n) is 2.65. The smallest absolute Gasteiger partial charge is 0.175 e. The summed E-state index contributed by atoms with van der Waals surface area (Å²) in [4.78, 5) is 0.367. The van der Waals surface area contributed by atoms with Crippen LogP contribution in [0.1, 0.15) is 11.1 Å². The monoisotopic (exact) mass is 269 g/mol. The van der Waals surface area contributed by atoms with E-state index in [0.717, 1.165) is 22.1 Å². The molecular formula is C12H16NO2PS. The van der Waals surface area contributed by atoms with Gasteiger partial charge in [0.15, 0.2) is 9.84 Å². The maximum absolute atomic E-state index is 11.6. The minimum absolute atomic E-state index is 0.367. The second kappa shape index (κ2) is 5.08. The minimum atomic E-state index is -3.20. The Balaban J connectivity index is 3.43. The van der Waals surface area contributed by atoms with E-state index in [9.17, 15) is 8.42 Å². The summed E-state index contributed by atoms with van der Waals surface area (Å²) in [5.74, 6) is 2.50. The molecule has 1 N–H and O–H groups in total. The zero-order chi connectivity index (χ0) is 13.2. The average molecular weight is 269 g/mol. The number of hydrogen-bond donors (Lipinski definition) is 1. The van der Waals surface area contributed by atoms with Gasteiger partial charge in [-0.3, -0.25) is 0 Å². The van der Waals surface area contributed by atoms with Crippen LogP contribution >= 0.6 is 9.24 Å². The first-order valence-corrected chi connectivity index (χ1v) is 7.53. The van der Waals surface area contributed by atoms with Crippen molar-refractivity contribution in [2.24, 2.45) is 0 Å². The number of nitrogens with one attached hydrogen (secondary N) is 1. The van der Waals surface area contributed by atoms with Crippen LogP contribution in [0.15, 0.2) is 11.0 Å². The third kappa shape index (κ3) is 3.00. The van der Waals surface area contributed by atoms with Gasteiger partial charge in [-0.1, -0.05) is 5.92 Å². The van der Waals surface area contributed by atoms with E-state index in [2.05, 4.69) is 20.5 Å². The summed E-state index contributed by atoms with van der Waals surface area (Å²) in [5.41, 5.74) is 2.56. The van der Waals surface area contributed by atoms with Gasteiger partial charge >= 0.3 is 0 Å². The Morgan fingerprint density at radius 3 is 2.47 bits per heavy atom. The van der Waals surface area contributed by atoms with E-state index in [1.807, 2.05) is 6.92 Å². The Bertz CT molecular complexity index is 586. The van der Waals surface area contributed by atoms with Crippen LogP contribution in [0.4, 0.5) is 5.69 Å². The van der Waals surface area contributed by atoms with Gasteiger partial charge < -0.3 is 5.32 Å². The number of hydrogen-bond acceptors (Lipinski definition) is 3. The first kappa shape index (κ1) is 14.0. The fourth-order valence-corrected chi connectivity index (χ4v) is 3.33. The second-order valence-corrected chi connectivity index (χ2v) is 6.52. The molecule has 0 aliphatic heterocycles. The van der Waals surface area contributed by atoms with Crippen LogP contribution in [0.25, 0.3) is 0 Å². The molecule has 1 aromatic rings. The lowest BCUT2D eigenvalue weighted by Crippen LogP contribution is -2.14. The van der Waals surface area contributed by atoms with Crippen molar-refractivity contribution in [2.75, 3.05) is 18.1 Å². The van der Waals surface area contributed by atoms with E-state index in [-0.39, 0.29) is 0 Å². The first-order valence-electron chi connectivity index (χ1n) is 5.06. The molecule has 17 heavy (non-hydrogen) atoms. The Morgan fingerprint density at radius 2 is 2.00 bits per heavy atom. The molecule has 5 heteroatoms. The Hall–Kier alpha value is -1.04. The number of rotatable bonds is 3. The predicted octanol–water partition coefficient (Wildman–Crippen LogP) is 1.25. The average Bonchev–Trinajstić information content (AvgIpc) is 2.22. The standard InChI is InChI=1S/C12H16NO2PS/c1-5-6-13-12-9(3)8(2)11(7-10(12)16)17(4,14)15/h1,7,13H,6,16H2,2-4H3. The lowest BCUT2D eigenvalue weighted by atomic mass is 10.1. The maximum Gasteiger partial charge on any atom is 0.175 e. The maximum atomic E-state index is 11.6. The Kier molecular flexibility index (Phi) is 4.19. The van der Waals surface area contributed by atoms with Crippen LogP contribution in [0, 0.1) is 26.2 Å². The molecule has 0 saturated heterocycles. The molecule has 1 unspecified atom stereocenters. The molecule has 0 aromatic heterocycles. The molecule has 0 amide bonds. The molecule has 0 spiro atoms. The first-order chi connectivity index (χ1) is 7.79. The molecule has 0 aliphatic rings. The van der Waals surface area contributed by atoms with E-state index < -0.39 is 9.84 Å². The summed E-state index contributed by atoms with van der Waals surface area (Å²) in [6.45, 7) is 4.10. The largest absolute Gasteiger partial charge is 0.373 e. The molecule has 0 fully saturated rings. The summed E-state index contributed by atoms with van der Waals surface area (Å²) in [6, 6.07) is 1.65. The van der Waals surface area contributed by atoms with Gasteiger partial charge in [-0.25, -0.2) is 8.42 Å². The van der Waals surface area contributed by atoms with Crippen molar-refractivity contribution < 1.29 is 8.42 Å². The van der Waals surface area contributed by atoms with Gasteiger partial charge in [0, 0.05) is 11.9 Å². The van der Waals surface area contributed by atoms with Crippen molar-refractivity contribution in [1.29, 1.82) is 0 Å². The molecule has 0 radical (unpaired) electrons. The number of benzene rings is 1. The van der Waals surface area contributed by atoms with Crippen molar-refractivity contribution in [3.8, 4) is 12.3 Å². The van der Waals surface area contributed by atoms with E-state index in [1.54, 1.807) is 13.0 Å². The van der Waals surface area contributed by atoms with Crippen LogP contribution in [-0.2, 0) is 9.84 Å². The van der Waals surface area contributed by atoms with Crippen LogP contribution in [-0.4, -0.2) is 21.2 Å². The van der Waals surface area contributed by atoms with Crippen molar-refractivity contribution >= 4 is 30.1 Å². The van der Waals surface area contributed by atoms with Crippen LogP contribution < -0.4 is 10.6 Å². The summed E-state index contributed by atoms with van der Waals surface area (Å²) < 4.78 is 23.2. The molecule has 0 saturated carbocycles. The quantitative estimate of drug-likeness (QED) is 0.663. The van der Waals surface area contributed by atoms with E-state index >= 15 is 0 Å². The molecule has 0 aliphatic carbocycles. The molecule has 1 aromatic carbocycles. The van der Waals surface area contributed by atoms with Gasteiger partial charge in [0.25, 0.3) is 0 Å². The van der Waals surface area contributed by atoms with Crippen molar-refractivity contribution in [2.45, 2.75) is 18.7 Å². The van der Waals surface area contributed by atoms with Crippen molar-refractivity contribution in [3.05, 3.63) is 17.2 Å². The fourth-order valence-electron chi connectivity index (χ4n) is 1.67. The number of anilines is 1. The highest BCUT2D eigenvalue weighted by atomic mass is 32.2. The molecular weight excluding hydrogens is 253 g/mol. The highest BCUT2D eigenvalue weighted by Gasteiger charge is 2.16. The fraction of sp³-hybridized carbons (Fsp3) is 0.333. The summed E-state index contributed by atoms with van der Waals surface area (Å²) >= 11 is 0. The SMILES string of the molecule is C#CCNc1c(P)cc(S(C)(=O)=O)c(C)c1C. The van der Waals surface area contributed by atoms with Gasteiger partial charge in [-0.15, -0.1) is 15.7 Å². The topological polar surface area (TPSA) is 46.2 Å². The normalized spacial score (nSPS) is 11.0. The van der Waals surface area contributed by atoms with E-state index in [0.29, 0.717) is 11.4 Å². The van der Waals surface area contributed by atoms with Gasteiger partial charge in [0.1, 0.15) is 0 Å². The lowest BCUT2D eigenvalue weighted by Gasteiger charge is -2.16. The van der Waals surface area contributed by atoms with Crippen molar-refractivity contribution in [1.82, 2.24) is 0 Å². The molecule has 92 valence electrons. The molecule has 3 nitrogen and oxygen atoms in total. The van der Waals surface area contributed by atoms with Crippen LogP contribution in [0.2, 0.25) is 0 Å². The van der Waals surface area contributed by atoms with Gasteiger partial charge in [-0.2, -0.15) is 0 Å². The summed E-state index contributed by atoms with van der Waals surface area (Å²) in [6.07, 6.45) is 6.41. The Morgan fingerprint density at radius 1 is 1.41 bits per heavy atom. The summed E-state index contributed by atoms with van der Waals surface area (Å²) in [5, 5.41) is 3.91. The Labute approximate surface area is 105 Å². The molecule has 0 heterocycles. The number of terminal acetylenes is 1. The van der Waals surface area contributed by atoms with Crippen LogP contribution in [0.5, 0.6) is 0 Å². The number of sulfone groups is 1. The van der Waals surface area contributed by atoms with E-state index in [4.69, 9.17) is 6.42 Å². The van der Waals surface area contributed by atoms with Gasteiger partial charge in [0.05, 0.1) is 11.4 Å². The lowest BCUT2D eigenvalue weighted by molar-refractivity contribution is 0.601. The molecule has 0 bridgehead atoms. The highest BCUT2D eigenvalue weighted by molar-refractivity contribution is 7.90. The van der Waals surface area contributed by atoms with Crippen molar-refractivity contribution in [3.63, 3.8) is 0 Å². The minimum Gasteiger partial charge on any atom is -0.373 e. The second-order valence-electron chi connectivity index (χ2n) is 3.92. The van der Waals surface area contributed by atoms with Crippen LogP contribution in [0.3, 0.4) is 0 Å². The molecule has 1 rings (SSSR count). The predicted molar refractivity (Wildman–Crippen MR) is 75.7 cm³/mol. The van der Waals surface area contributed by atoms with Gasteiger partial charge in [-0.05, 0) is 36.3 Å². The third-order valence-corrected chi connectivity index (χ3v) is 4.33. The highest BCUT2D eigenvalue weighted by Crippen LogP contribution is 2.25. The van der Waals surface area contributed by atoms with Gasteiger partial charge in [0.2, 0.25) is 0 Å². The zero-order valence-electron chi connectivity index (χ0n) is 10.2. The van der Waals surface area contributed by atoms with E-state index in [1.165, 1.54) is 6.26 Å². The summed E-state index contributed by atoms with van der Waals surface area (Å²) in [7, 11) is -0.663. The zero-order valence-corrected chi connectivity index (χ0v) is 12.1.